The number of amides is 1. The lowest BCUT2D eigenvalue weighted by Crippen LogP contribution is -2.20. The van der Waals surface area contributed by atoms with E-state index >= 15 is 0 Å². The van der Waals surface area contributed by atoms with Crippen molar-refractivity contribution in [1.29, 1.82) is 0 Å². The third-order valence-corrected chi connectivity index (χ3v) is 3.43. The summed E-state index contributed by atoms with van der Waals surface area (Å²) in [5.74, 6) is 0.573. The molecule has 1 aliphatic heterocycles. The summed E-state index contributed by atoms with van der Waals surface area (Å²) in [5, 5.41) is 2.60. The first-order chi connectivity index (χ1) is 10.8. The molecule has 0 aliphatic carbocycles. The highest BCUT2D eigenvalue weighted by Crippen LogP contribution is 2.38. The first kappa shape index (κ1) is 15.1. The van der Waals surface area contributed by atoms with E-state index in [1.807, 2.05) is 0 Å². The molecular weight excluding hydrogens is 311 g/mol. The third-order valence-electron chi connectivity index (χ3n) is 3.43. The van der Waals surface area contributed by atoms with E-state index in [4.69, 9.17) is 10.5 Å². The topological polar surface area (TPSA) is 77.2 Å². The van der Waals surface area contributed by atoms with Crippen molar-refractivity contribution in [2.24, 2.45) is 0 Å². The molecule has 120 valence electrons. The molecule has 0 saturated heterocycles. The molecule has 2 aromatic rings. The van der Waals surface area contributed by atoms with Crippen LogP contribution in [-0.4, -0.2) is 10.9 Å². The second-order valence-corrected chi connectivity index (χ2v) is 5.03. The van der Waals surface area contributed by atoms with Crippen molar-refractivity contribution < 1.29 is 22.7 Å². The number of nitrogens with zero attached hydrogens (tertiary/aromatic N) is 1. The van der Waals surface area contributed by atoms with Crippen molar-refractivity contribution >= 4 is 17.4 Å². The first-order valence-electron chi connectivity index (χ1n) is 6.77. The van der Waals surface area contributed by atoms with Gasteiger partial charge in [0.1, 0.15) is 17.3 Å². The number of hydrogen-bond donors (Lipinski definition) is 2. The number of nitrogens with one attached hydrogen (secondary N) is 1. The predicted octanol–water partition coefficient (Wildman–Crippen LogP) is 3.36. The van der Waals surface area contributed by atoms with Gasteiger partial charge in [-0.2, -0.15) is 13.2 Å². The van der Waals surface area contributed by atoms with E-state index < -0.39 is 11.7 Å². The van der Waals surface area contributed by atoms with E-state index in [1.165, 1.54) is 12.3 Å². The quantitative estimate of drug-likeness (QED) is 0.831. The van der Waals surface area contributed by atoms with Crippen LogP contribution >= 0.6 is 0 Å². The lowest BCUT2D eigenvalue weighted by atomic mass is 10.1. The van der Waals surface area contributed by atoms with Crippen LogP contribution in [0.3, 0.4) is 0 Å². The fraction of sp³-hybridized carbons (Fsp3) is 0.200. The average molecular weight is 323 g/mol. The van der Waals surface area contributed by atoms with Gasteiger partial charge in [0.2, 0.25) is 5.91 Å². The van der Waals surface area contributed by atoms with Crippen LogP contribution < -0.4 is 15.8 Å². The number of carbonyl (C=O) groups is 1. The van der Waals surface area contributed by atoms with Crippen LogP contribution in [0.1, 0.15) is 17.5 Å². The summed E-state index contributed by atoms with van der Waals surface area (Å²) in [7, 11) is 0. The maximum Gasteiger partial charge on any atom is 0.418 e. The van der Waals surface area contributed by atoms with Gasteiger partial charge in [-0.3, -0.25) is 4.79 Å². The standard InChI is InChI=1S/C15H12F3N3O2/c16-15(17,18)10-7-8(1-3-11(10)19)23-12-5-6-20-14-9(12)2-4-13(22)21-14/h1,3,5-7H,2,4,19H2,(H,20,21,22). The van der Waals surface area contributed by atoms with E-state index in [0.717, 1.165) is 12.1 Å². The van der Waals surface area contributed by atoms with Crippen molar-refractivity contribution in [2.75, 3.05) is 11.1 Å². The summed E-state index contributed by atoms with van der Waals surface area (Å²) in [6.07, 6.45) is -2.47. The molecule has 1 amide bonds. The Morgan fingerprint density at radius 2 is 2.00 bits per heavy atom. The molecule has 8 heteroatoms. The monoisotopic (exact) mass is 323 g/mol. The number of carbonyl (C=O) groups excluding carboxylic acids is 1. The van der Waals surface area contributed by atoms with Crippen LogP contribution in [0.5, 0.6) is 11.5 Å². The number of rotatable bonds is 2. The summed E-state index contributed by atoms with van der Waals surface area (Å²) in [6.45, 7) is 0. The number of pyridine rings is 1. The zero-order chi connectivity index (χ0) is 16.6. The smallest absolute Gasteiger partial charge is 0.418 e. The van der Waals surface area contributed by atoms with E-state index in [0.29, 0.717) is 23.6 Å². The summed E-state index contributed by atoms with van der Waals surface area (Å²) in [4.78, 5) is 15.4. The van der Waals surface area contributed by atoms with Gasteiger partial charge in [-0.25, -0.2) is 4.98 Å². The molecule has 0 radical (unpaired) electrons. The minimum absolute atomic E-state index is 0.0109. The molecule has 23 heavy (non-hydrogen) atoms. The fourth-order valence-electron chi connectivity index (χ4n) is 2.32. The number of anilines is 2. The van der Waals surface area contributed by atoms with Crippen LogP contribution in [0.15, 0.2) is 30.5 Å². The minimum Gasteiger partial charge on any atom is -0.457 e. The normalized spacial score (nSPS) is 14.1. The van der Waals surface area contributed by atoms with Crippen molar-refractivity contribution in [1.82, 2.24) is 4.98 Å². The molecule has 1 aromatic carbocycles. The SMILES string of the molecule is Nc1ccc(Oc2ccnc3c2CCC(=O)N3)cc1C(F)(F)F. The molecule has 0 saturated carbocycles. The van der Waals surface area contributed by atoms with E-state index in [9.17, 15) is 18.0 Å². The molecule has 0 atom stereocenters. The molecule has 5 nitrogen and oxygen atoms in total. The Hall–Kier alpha value is -2.77. The highest BCUT2D eigenvalue weighted by Gasteiger charge is 2.33. The molecule has 3 N–H and O–H groups in total. The molecule has 0 fully saturated rings. The van der Waals surface area contributed by atoms with E-state index in [-0.39, 0.29) is 23.8 Å². The molecule has 1 aliphatic rings. The van der Waals surface area contributed by atoms with Crippen molar-refractivity contribution in [3.63, 3.8) is 0 Å². The average Bonchev–Trinajstić information content (AvgIpc) is 2.48. The molecule has 0 unspecified atom stereocenters. The summed E-state index contributed by atoms with van der Waals surface area (Å²) in [6, 6.07) is 4.90. The Kier molecular flexibility index (Phi) is 3.59. The number of ether oxygens (including phenoxy) is 1. The summed E-state index contributed by atoms with van der Waals surface area (Å²) >= 11 is 0. The Bertz CT molecular complexity index is 775. The van der Waals surface area contributed by atoms with Gasteiger partial charge < -0.3 is 15.8 Å². The number of hydrogen-bond acceptors (Lipinski definition) is 4. The number of aromatic nitrogens is 1. The lowest BCUT2D eigenvalue weighted by Gasteiger charge is -2.19. The first-order valence-corrected chi connectivity index (χ1v) is 6.77. The van der Waals surface area contributed by atoms with Crippen molar-refractivity contribution in [3.05, 3.63) is 41.6 Å². The number of halogens is 3. The molecule has 3 rings (SSSR count). The maximum absolute atomic E-state index is 12.9. The third kappa shape index (κ3) is 3.05. The van der Waals surface area contributed by atoms with Gasteiger partial charge in [0.15, 0.2) is 0 Å². The van der Waals surface area contributed by atoms with Gasteiger partial charge in [0.05, 0.1) is 5.56 Å². The number of benzene rings is 1. The Labute approximate surface area is 129 Å². The van der Waals surface area contributed by atoms with E-state index in [1.54, 1.807) is 6.07 Å². The van der Waals surface area contributed by atoms with E-state index in [2.05, 4.69) is 10.3 Å². The van der Waals surface area contributed by atoms with Gasteiger partial charge >= 0.3 is 6.18 Å². The second-order valence-electron chi connectivity index (χ2n) is 5.03. The van der Waals surface area contributed by atoms with Crippen LogP contribution in [0.25, 0.3) is 0 Å². The number of nitrogen functional groups attached to an aromatic ring is 1. The fourth-order valence-corrected chi connectivity index (χ4v) is 2.32. The molecule has 0 spiro atoms. The highest BCUT2D eigenvalue weighted by molar-refractivity contribution is 5.93. The zero-order valence-corrected chi connectivity index (χ0v) is 11.8. The largest absolute Gasteiger partial charge is 0.457 e. The summed E-state index contributed by atoms with van der Waals surface area (Å²) in [5.41, 5.74) is 4.69. The second kappa shape index (κ2) is 5.45. The van der Waals surface area contributed by atoms with Crippen LogP contribution in [0.2, 0.25) is 0 Å². The summed E-state index contributed by atoms with van der Waals surface area (Å²) < 4.78 is 44.2. The van der Waals surface area contributed by atoms with Crippen LogP contribution in [-0.2, 0) is 17.4 Å². The lowest BCUT2D eigenvalue weighted by molar-refractivity contribution is -0.137. The number of alkyl halides is 3. The Balaban J connectivity index is 1.95. The molecule has 1 aromatic heterocycles. The van der Waals surface area contributed by atoms with Gasteiger partial charge in [0, 0.05) is 23.9 Å². The molecule has 2 heterocycles. The van der Waals surface area contributed by atoms with Gasteiger partial charge in [-0.15, -0.1) is 0 Å². The molecule has 0 bridgehead atoms. The number of fused-ring (bicyclic) bond motifs is 1. The highest BCUT2D eigenvalue weighted by atomic mass is 19.4. The van der Waals surface area contributed by atoms with Gasteiger partial charge in [0.25, 0.3) is 0 Å². The van der Waals surface area contributed by atoms with Gasteiger partial charge in [-0.05, 0) is 30.7 Å². The van der Waals surface area contributed by atoms with Gasteiger partial charge in [-0.1, -0.05) is 0 Å². The van der Waals surface area contributed by atoms with Crippen molar-refractivity contribution in [2.45, 2.75) is 19.0 Å². The maximum atomic E-state index is 12.9. The van der Waals surface area contributed by atoms with Crippen molar-refractivity contribution in [3.8, 4) is 11.5 Å². The predicted molar refractivity (Wildman–Crippen MR) is 77.1 cm³/mol. The minimum atomic E-state index is -4.56. The zero-order valence-electron chi connectivity index (χ0n) is 11.8. The molecular formula is C15H12F3N3O2. The van der Waals surface area contributed by atoms with Crippen LogP contribution in [0, 0.1) is 0 Å². The Morgan fingerprint density at radius 3 is 2.74 bits per heavy atom. The Morgan fingerprint density at radius 1 is 1.22 bits per heavy atom. The van der Waals surface area contributed by atoms with Crippen LogP contribution in [0.4, 0.5) is 24.7 Å². The number of nitrogens with two attached hydrogens (primary N) is 1.